The van der Waals surface area contributed by atoms with Crippen molar-refractivity contribution >= 4 is 34.9 Å². The molecule has 1 fully saturated rings. The fourth-order valence-corrected chi connectivity index (χ4v) is 2.45. The molecule has 22 heavy (non-hydrogen) atoms. The van der Waals surface area contributed by atoms with E-state index in [0.29, 0.717) is 5.69 Å². The van der Waals surface area contributed by atoms with Crippen LogP contribution in [0.4, 0.5) is 11.4 Å². The third kappa shape index (κ3) is 3.64. The van der Waals surface area contributed by atoms with Crippen LogP contribution in [0.1, 0.15) is 6.42 Å². The Kier molecular flexibility index (Phi) is 4.81. The molecule has 1 saturated heterocycles. The van der Waals surface area contributed by atoms with Crippen molar-refractivity contribution in [3.8, 4) is 0 Å². The molecule has 1 heterocycles. The van der Waals surface area contributed by atoms with Crippen molar-refractivity contribution in [2.24, 2.45) is 5.92 Å². The average molecular weight is 328 g/mol. The first-order valence-corrected chi connectivity index (χ1v) is 6.94. The third-order valence-electron chi connectivity index (χ3n) is 3.42. The second-order valence-electron chi connectivity index (χ2n) is 4.92. The summed E-state index contributed by atoms with van der Waals surface area (Å²) in [5.74, 6) is -1.89. The Bertz CT molecular complexity index is 622. The van der Waals surface area contributed by atoms with Crippen LogP contribution in [-0.4, -0.2) is 46.4 Å². The summed E-state index contributed by atoms with van der Waals surface area (Å²) in [7, 11) is 0. The first-order chi connectivity index (χ1) is 10.4. The van der Waals surface area contributed by atoms with Crippen molar-refractivity contribution in [3.05, 3.63) is 33.3 Å². The van der Waals surface area contributed by atoms with Crippen molar-refractivity contribution < 1.29 is 19.6 Å². The zero-order valence-corrected chi connectivity index (χ0v) is 12.2. The maximum absolute atomic E-state index is 11.7. The van der Waals surface area contributed by atoms with Gasteiger partial charge in [0.15, 0.2) is 0 Å². The lowest BCUT2D eigenvalue weighted by atomic mass is 10.1. The van der Waals surface area contributed by atoms with E-state index in [4.69, 9.17) is 16.7 Å². The molecule has 0 bridgehead atoms. The SMILES string of the molecule is O=C(O)C1CC(=O)N(CCNc2ccc(Cl)cc2[N+](=O)[O-])C1. The number of aliphatic carboxylic acids is 1. The van der Waals surface area contributed by atoms with Gasteiger partial charge in [0.1, 0.15) is 5.69 Å². The number of carboxylic acids is 1. The summed E-state index contributed by atoms with van der Waals surface area (Å²) >= 11 is 5.72. The minimum Gasteiger partial charge on any atom is -0.481 e. The van der Waals surface area contributed by atoms with Gasteiger partial charge in [0, 0.05) is 37.1 Å². The maximum atomic E-state index is 11.7. The number of hydrogen-bond donors (Lipinski definition) is 2. The minimum absolute atomic E-state index is 0.00355. The summed E-state index contributed by atoms with van der Waals surface area (Å²) < 4.78 is 0. The number of anilines is 1. The van der Waals surface area contributed by atoms with E-state index in [1.165, 1.54) is 23.1 Å². The number of nitro groups is 1. The molecular weight excluding hydrogens is 314 g/mol. The van der Waals surface area contributed by atoms with Crippen LogP contribution in [0.5, 0.6) is 0 Å². The van der Waals surface area contributed by atoms with Crippen molar-refractivity contribution in [3.63, 3.8) is 0 Å². The van der Waals surface area contributed by atoms with Crippen molar-refractivity contribution in [2.45, 2.75) is 6.42 Å². The number of carboxylic acid groups (broad SMARTS) is 1. The molecule has 1 atom stereocenters. The van der Waals surface area contributed by atoms with Gasteiger partial charge in [0.25, 0.3) is 5.69 Å². The summed E-state index contributed by atoms with van der Waals surface area (Å²) in [6, 6.07) is 4.26. The number of halogens is 1. The van der Waals surface area contributed by atoms with Gasteiger partial charge in [-0.1, -0.05) is 11.6 Å². The van der Waals surface area contributed by atoms with E-state index in [9.17, 15) is 19.7 Å². The molecule has 1 aromatic rings. The first kappa shape index (κ1) is 16.0. The van der Waals surface area contributed by atoms with E-state index in [1.54, 1.807) is 0 Å². The van der Waals surface area contributed by atoms with Gasteiger partial charge in [-0.3, -0.25) is 19.7 Å². The van der Waals surface area contributed by atoms with Crippen LogP contribution in [0.15, 0.2) is 18.2 Å². The third-order valence-corrected chi connectivity index (χ3v) is 3.65. The Morgan fingerprint density at radius 1 is 1.55 bits per heavy atom. The van der Waals surface area contributed by atoms with Crippen LogP contribution in [0.3, 0.4) is 0 Å². The number of rotatable bonds is 6. The number of amides is 1. The molecule has 118 valence electrons. The Hall–Kier alpha value is -2.35. The summed E-state index contributed by atoms with van der Waals surface area (Å²) in [6.45, 7) is 0.724. The molecular formula is C13H14ClN3O5. The first-order valence-electron chi connectivity index (χ1n) is 6.57. The standard InChI is InChI=1S/C13H14ClN3O5/c14-9-1-2-10(11(6-9)17(21)22)15-3-4-16-7-8(13(19)20)5-12(16)18/h1-2,6,8,15H,3-5,7H2,(H,19,20). The summed E-state index contributed by atoms with van der Waals surface area (Å²) in [5.41, 5.74) is 0.152. The topological polar surface area (TPSA) is 113 Å². The molecule has 0 spiro atoms. The highest BCUT2D eigenvalue weighted by Gasteiger charge is 2.33. The van der Waals surface area contributed by atoms with E-state index in [-0.39, 0.29) is 42.7 Å². The number of hydrogen-bond acceptors (Lipinski definition) is 5. The molecule has 0 saturated carbocycles. The summed E-state index contributed by atoms with van der Waals surface area (Å²) in [4.78, 5) is 34.4. The van der Waals surface area contributed by atoms with E-state index in [0.717, 1.165) is 0 Å². The second kappa shape index (κ2) is 6.61. The predicted octanol–water partition coefficient (Wildman–Crippen LogP) is 1.59. The summed E-state index contributed by atoms with van der Waals surface area (Å²) in [5, 5.41) is 23.0. The molecule has 9 heteroatoms. The van der Waals surface area contributed by atoms with Crippen LogP contribution in [0.2, 0.25) is 5.02 Å². The van der Waals surface area contributed by atoms with Gasteiger partial charge in [-0.25, -0.2) is 0 Å². The molecule has 1 aromatic carbocycles. The lowest BCUT2D eigenvalue weighted by molar-refractivity contribution is -0.383. The Morgan fingerprint density at radius 2 is 2.27 bits per heavy atom. The number of nitrogens with zero attached hydrogens (tertiary/aromatic N) is 2. The number of benzene rings is 1. The highest BCUT2D eigenvalue weighted by atomic mass is 35.5. The van der Waals surface area contributed by atoms with Gasteiger partial charge >= 0.3 is 5.97 Å². The van der Waals surface area contributed by atoms with Gasteiger partial charge < -0.3 is 15.3 Å². The highest BCUT2D eigenvalue weighted by molar-refractivity contribution is 6.30. The van der Waals surface area contributed by atoms with Crippen molar-refractivity contribution in [1.82, 2.24) is 4.90 Å². The van der Waals surface area contributed by atoms with Gasteiger partial charge in [-0.05, 0) is 12.1 Å². The zero-order chi connectivity index (χ0) is 16.3. The van der Waals surface area contributed by atoms with Gasteiger partial charge in [-0.15, -0.1) is 0 Å². The van der Waals surface area contributed by atoms with Gasteiger partial charge in [-0.2, -0.15) is 0 Å². The van der Waals surface area contributed by atoms with E-state index in [2.05, 4.69) is 5.32 Å². The van der Waals surface area contributed by atoms with Crippen LogP contribution >= 0.6 is 11.6 Å². The number of carbonyl (C=O) groups is 2. The zero-order valence-electron chi connectivity index (χ0n) is 11.5. The van der Waals surface area contributed by atoms with Crippen molar-refractivity contribution in [1.29, 1.82) is 0 Å². The normalized spacial score (nSPS) is 17.6. The number of nitro benzene ring substituents is 1. The highest BCUT2D eigenvalue weighted by Crippen LogP contribution is 2.27. The van der Waals surface area contributed by atoms with Crippen LogP contribution in [0.25, 0.3) is 0 Å². The van der Waals surface area contributed by atoms with Crippen LogP contribution in [0, 0.1) is 16.0 Å². The lowest BCUT2D eigenvalue weighted by Gasteiger charge is -2.16. The Morgan fingerprint density at radius 3 is 2.86 bits per heavy atom. The summed E-state index contributed by atoms with van der Waals surface area (Å²) in [6.07, 6.45) is -0.00355. The molecule has 0 aromatic heterocycles. The quantitative estimate of drug-likeness (QED) is 0.606. The fourth-order valence-electron chi connectivity index (χ4n) is 2.28. The van der Waals surface area contributed by atoms with Crippen molar-refractivity contribution in [2.75, 3.05) is 25.0 Å². The fraction of sp³-hybridized carbons (Fsp3) is 0.385. The monoisotopic (exact) mass is 327 g/mol. The molecule has 0 radical (unpaired) electrons. The van der Waals surface area contributed by atoms with E-state index < -0.39 is 16.8 Å². The van der Waals surface area contributed by atoms with Crippen LogP contribution < -0.4 is 5.32 Å². The molecule has 1 aliphatic rings. The molecule has 0 aliphatic carbocycles. The molecule has 1 aliphatic heterocycles. The average Bonchev–Trinajstić information content (AvgIpc) is 2.82. The van der Waals surface area contributed by atoms with E-state index >= 15 is 0 Å². The second-order valence-corrected chi connectivity index (χ2v) is 5.36. The molecule has 1 unspecified atom stereocenters. The molecule has 2 rings (SSSR count). The lowest BCUT2D eigenvalue weighted by Crippen LogP contribution is -2.31. The predicted molar refractivity (Wildman–Crippen MR) is 78.9 cm³/mol. The van der Waals surface area contributed by atoms with E-state index in [1.807, 2.05) is 0 Å². The molecule has 8 nitrogen and oxygen atoms in total. The maximum Gasteiger partial charge on any atom is 0.308 e. The number of nitrogens with one attached hydrogen (secondary N) is 1. The smallest absolute Gasteiger partial charge is 0.308 e. The number of likely N-dealkylation sites (tertiary alicyclic amines) is 1. The molecule has 1 amide bonds. The largest absolute Gasteiger partial charge is 0.481 e. The van der Waals surface area contributed by atoms with Crippen LogP contribution in [-0.2, 0) is 9.59 Å². The van der Waals surface area contributed by atoms with Gasteiger partial charge in [0.05, 0.1) is 10.8 Å². The van der Waals surface area contributed by atoms with Gasteiger partial charge in [0.2, 0.25) is 5.91 Å². The Balaban J connectivity index is 1.93. The molecule has 2 N–H and O–H groups in total. The Labute approximate surface area is 130 Å². The minimum atomic E-state index is -0.989. The number of carbonyl (C=O) groups excluding carboxylic acids is 1.